The third-order valence-electron chi connectivity index (χ3n) is 3.62. The van der Waals surface area contributed by atoms with E-state index in [9.17, 15) is 10.1 Å². The summed E-state index contributed by atoms with van der Waals surface area (Å²) in [6.45, 7) is 2.46. The van der Waals surface area contributed by atoms with Crippen LogP contribution in [0.3, 0.4) is 0 Å². The molecule has 0 spiro atoms. The third kappa shape index (κ3) is 1.85. The van der Waals surface area contributed by atoms with E-state index in [-0.39, 0.29) is 0 Å². The van der Waals surface area contributed by atoms with Gasteiger partial charge in [-0.25, -0.2) is 0 Å². The van der Waals surface area contributed by atoms with Crippen molar-refractivity contribution in [1.29, 1.82) is 0 Å². The summed E-state index contributed by atoms with van der Waals surface area (Å²) in [7, 11) is 0. The zero-order valence-corrected chi connectivity index (χ0v) is 10.9. The van der Waals surface area contributed by atoms with E-state index < -0.39 is 0 Å². The van der Waals surface area contributed by atoms with Crippen LogP contribution in [0.15, 0.2) is 18.2 Å². The average molecular weight is 261 g/mol. The van der Waals surface area contributed by atoms with Crippen molar-refractivity contribution < 1.29 is 14.4 Å². The topological polar surface area (TPSA) is 57.4 Å². The fourth-order valence-corrected chi connectivity index (χ4v) is 2.71. The first-order valence-corrected chi connectivity index (χ1v) is 6.67. The van der Waals surface area contributed by atoms with Crippen LogP contribution in [0.4, 0.5) is 0 Å². The second-order valence-corrected chi connectivity index (χ2v) is 4.79. The Morgan fingerprint density at radius 3 is 2.95 bits per heavy atom. The molecule has 1 aromatic carbocycles. The summed E-state index contributed by atoms with van der Waals surface area (Å²) in [6, 6.07) is 5.17. The van der Waals surface area contributed by atoms with Gasteiger partial charge in [0.05, 0.1) is 11.0 Å². The summed E-state index contributed by atoms with van der Waals surface area (Å²) in [6.07, 6.45) is 3.47. The highest BCUT2D eigenvalue weighted by atomic mass is 16.5. The number of rotatable bonds is 2. The first-order valence-electron chi connectivity index (χ1n) is 6.67. The maximum absolute atomic E-state index is 12.3. The molecule has 0 amide bonds. The quantitative estimate of drug-likeness (QED) is 0.665. The van der Waals surface area contributed by atoms with Crippen molar-refractivity contribution in [3.05, 3.63) is 34.5 Å². The van der Waals surface area contributed by atoms with E-state index in [1.807, 2.05) is 6.92 Å². The van der Waals surface area contributed by atoms with Gasteiger partial charge in [0.2, 0.25) is 0 Å². The number of benzene rings is 1. The van der Waals surface area contributed by atoms with Crippen LogP contribution in [0.1, 0.15) is 31.2 Å². The molecule has 1 heterocycles. The van der Waals surface area contributed by atoms with Crippen molar-refractivity contribution in [3.8, 4) is 5.75 Å². The van der Waals surface area contributed by atoms with Crippen LogP contribution in [-0.4, -0.2) is 16.5 Å². The van der Waals surface area contributed by atoms with E-state index in [1.54, 1.807) is 18.2 Å². The van der Waals surface area contributed by atoms with Gasteiger partial charge < -0.3 is 9.94 Å². The first-order chi connectivity index (χ1) is 9.22. The van der Waals surface area contributed by atoms with Gasteiger partial charge in [-0.15, -0.1) is 0 Å². The number of aromatic nitrogens is 2. The minimum absolute atomic E-state index is 0.478. The molecule has 5 heteroatoms. The fourth-order valence-electron chi connectivity index (χ4n) is 2.71. The van der Waals surface area contributed by atoms with Crippen molar-refractivity contribution in [3.63, 3.8) is 0 Å². The normalized spacial score (nSPS) is 14.4. The Hall–Kier alpha value is -2.04. The molecule has 1 aromatic heterocycles. The van der Waals surface area contributed by atoms with Gasteiger partial charge in [0.15, 0.2) is 5.52 Å². The SMILES string of the molecule is CCOc1ccc2c(c1)n(O)c1c([n+]2=O)CCCC1. The Balaban J connectivity index is 2.31. The minimum Gasteiger partial charge on any atom is -0.494 e. The number of hydrogen-bond acceptors (Lipinski definition) is 3. The Labute approximate surface area is 110 Å². The van der Waals surface area contributed by atoms with Gasteiger partial charge in [-0.3, -0.25) is 0 Å². The second kappa shape index (κ2) is 4.57. The summed E-state index contributed by atoms with van der Waals surface area (Å²) >= 11 is 0. The Morgan fingerprint density at radius 2 is 2.16 bits per heavy atom. The maximum Gasteiger partial charge on any atom is 0.290 e. The predicted molar refractivity (Wildman–Crippen MR) is 70.3 cm³/mol. The van der Waals surface area contributed by atoms with Crippen molar-refractivity contribution in [2.24, 2.45) is 0 Å². The summed E-state index contributed by atoms with van der Waals surface area (Å²) < 4.78 is 7.52. The molecule has 100 valence electrons. The Morgan fingerprint density at radius 1 is 1.37 bits per heavy atom. The van der Waals surface area contributed by atoms with Crippen molar-refractivity contribution in [1.82, 2.24) is 4.73 Å². The van der Waals surface area contributed by atoms with Gasteiger partial charge in [-0.2, -0.15) is 4.73 Å². The Kier molecular flexibility index (Phi) is 2.89. The molecule has 0 atom stereocenters. The summed E-state index contributed by atoms with van der Waals surface area (Å²) in [4.78, 5) is 12.3. The van der Waals surface area contributed by atoms with Crippen LogP contribution in [-0.2, 0) is 12.8 Å². The smallest absolute Gasteiger partial charge is 0.290 e. The van der Waals surface area contributed by atoms with Crippen molar-refractivity contribution in [2.75, 3.05) is 6.61 Å². The molecule has 0 saturated carbocycles. The molecule has 0 bridgehead atoms. The van der Waals surface area contributed by atoms with Crippen LogP contribution in [0.2, 0.25) is 0 Å². The molecular weight excluding hydrogens is 244 g/mol. The van der Waals surface area contributed by atoms with Crippen LogP contribution >= 0.6 is 0 Å². The second-order valence-electron chi connectivity index (χ2n) is 4.79. The molecule has 3 rings (SSSR count). The van der Waals surface area contributed by atoms with Gasteiger partial charge >= 0.3 is 0 Å². The Bertz CT molecular complexity index is 691. The van der Waals surface area contributed by atoms with Crippen LogP contribution in [0.5, 0.6) is 5.75 Å². The molecule has 0 fully saturated rings. The monoisotopic (exact) mass is 261 g/mol. The van der Waals surface area contributed by atoms with E-state index in [0.29, 0.717) is 29.1 Å². The van der Waals surface area contributed by atoms with E-state index in [4.69, 9.17) is 4.74 Å². The molecule has 1 N–H and O–H groups in total. The summed E-state index contributed by atoms with van der Waals surface area (Å²) in [5.74, 6) is 0.661. The summed E-state index contributed by atoms with van der Waals surface area (Å²) in [5.41, 5.74) is 2.39. The van der Waals surface area contributed by atoms with Gasteiger partial charge in [0.1, 0.15) is 11.4 Å². The van der Waals surface area contributed by atoms with Crippen molar-refractivity contribution in [2.45, 2.75) is 32.6 Å². The predicted octanol–water partition coefficient (Wildman–Crippen LogP) is 2.07. The maximum atomic E-state index is 12.3. The van der Waals surface area contributed by atoms with Gasteiger partial charge in [0.25, 0.3) is 11.2 Å². The third-order valence-corrected chi connectivity index (χ3v) is 3.62. The highest BCUT2D eigenvalue weighted by Gasteiger charge is 2.27. The molecule has 19 heavy (non-hydrogen) atoms. The van der Waals surface area contributed by atoms with Crippen molar-refractivity contribution >= 4 is 11.0 Å². The van der Waals surface area contributed by atoms with Gasteiger partial charge in [-0.05, 0) is 32.3 Å². The number of nitrogens with zero attached hydrogens (tertiary/aromatic N) is 2. The van der Waals surface area contributed by atoms with Gasteiger partial charge in [-0.1, -0.05) is 0 Å². The summed E-state index contributed by atoms with van der Waals surface area (Å²) in [5, 5.41) is 10.3. The lowest BCUT2D eigenvalue weighted by atomic mass is 10.00. The average Bonchev–Trinajstić information content (AvgIpc) is 2.45. The van der Waals surface area contributed by atoms with E-state index in [2.05, 4.69) is 0 Å². The molecule has 0 saturated heterocycles. The molecule has 1 aliphatic carbocycles. The highest BCUT2D eigenvalue weighted by molar-refractivity contribution is 5.73. The molecule has 5 nitrogen and oxygen atoms in total. The largest absolute Gasteiger partial charge is 0.494 e. The molecule has 1 aliphatic rings. The van der Waals surface area contributed by atoms with Crippen LogP contribution in [0, 0.1) is 4.91 Å². The van der Waals surface area contributed by atoms with Gasteiger partial charge in [0, 0.05) is 23.5 Å². The molecule has 2 aromatic rings. The van der Waals surface area contributed by atoms with E-state index in [1.165, 1.54) is 0 Å². The molecule has 0 radical (unpaired) electrons. The molecular formula is C14H17N2O3+. The molecule has 0 unspecified atom stereocenters. The standard InChI is InChI=1S/C14H17N2O3/c1-2-19-10-7-8-13-14(9-10)16(18)12-6-4-3-5-11(12)15(13)17/h7-9,18H,2-6H2,1H3/q+1. The van der Waals surface area contributed by atoms with Crippen LogP contribution < -0.4 is 9.16 Å². The zero-order chi connectivity index (χ0) is 13.4. The number of fused-ring (bicyclic) bond motifs is 2. The van der Waals surface area contributed by atoms with E-state index in [0.717, 1.165) is 40.5 Å². The zero-order valence-electron chi connectivity index (χ0n) is 10.9. The lowest BCUT2D eigenvalue weighted by Gasteiger charge is -2.14. The number of ether oxygens (including phenoxy) is 1. The van der Waals surface area contributed by atoms with E-state index >= 15 is 0 Å². The first kappa shape index (κ1) is 12.0. The fraction of sp³-hybridized carbons (Fsp3) is 0.429. The lowest BCUT2D eigenvalue weighted by Crippen LogP contribution is -2.30. The number of hydrogen-bond donors (Lipinski definition) is 1. The minimum atomic E-state index is 0.478. The van der Waals surface area contributed by atoms with Crippen LogP contribution in [0.25, 0.3) is 11.0 Å². The molecule has 0 aliphatic heterocycles. The highest BCUT2D eigenvalue weighted by Crippen LogP contribution is 2.24. The lowest BCUT2D eigenvalue weighted by molar-refractivity contribution is -0.477.